The smallest absolute Gasteiger partial charge is 0.405 e. The van der Waals surface area contributed by atoms with Crippen molar-refractivity contribution in [1.29, 1.82) is 0 Å². The number of alkyl halides is 3. The van der Waals surface area contributed by atoms with Gasteiger partial charge in [0.1, 0.15) is 6.54 Å². The van der Waals surface area contributed by atoms with E-state index in [1.165, 1.54) is 37.5 Å². The molecule has 0 aromatic heterocycles. The number of rotatable bonds is 8. The van der Waals surface area contributed by atoms with E-state index in [9.17, 15) is 22.8 Å². The molecule has 0 saturated heterocycles. The number of aryl methyl sites for hydroxylation is 1. The molecule has 0 radical (unpaired) electrons. The first kappa shape index (κ1) is 25.1. The molecule has 0 unspecified atom stereocenters. The predicted molar refractivity (Wildman–Crippen MR) is 116 cm³/mol. The van der Waals surface area contributed by atoms with E-state index < -0.39 is 24.5 Å². The van der Waals surface area contributed by atoms with Crippen LogP contribution in [0.1, 0.15) is 28.4 Å². The van der Waals surface area contributed by atoms with E-state index in [1.54, 1.807) is 24.4 Å². The SMILES string of the molecule is CCOc1c(Cl)cc(/C=C/C(=O)Nc2cc(C(=O)NCC(F)(F)F)ccc2C)cc1OC. The largest absolute Gasteiger partial charge is 0.493 e. The van der Waals surface area contributed by atoms with Gasteiger partial charge >= 0.3 is 6.18 Å². The van der Waals surface area contributed by atoms with Crippen LogP contribution < -0.4 is 20.1 Å². The molecule has 32 heavy (non-hydrogen) atoms. The number of nitrogens with one attached hydrogen (secondary N) is 2. The fourth-order valence-electron chi connectivity index (χ4n) is 2.65. The van der Waals surface area contributed by atoms with Crippen LogP contribution in [0.5, 0.6) is 11.5 Å². The van der Waals surface area contributed by atoms with E-state index in [-0.39, 0.29) is 5.56 Å². The summed E-state index contributed by atoms with van der Waals surface area (Å²) in [5.41, 5.74) is 1.50. The van der Waals surface area contributed by atoms with Gasteiger partial charge in [0.15, 0.2) is 11.5 Å². The molecule has 0 fully saturated rings. The predicted octanol–water partition coefficient (Wildman–Crippen LogP) is 5.00. The molecule has 2 aromatic rings. The molecule has 2 aromatic carbocycles. The van der Waals surface area contributed by atoms with E-state index in [4.69, 9.17) is 21.1 Å². The van der Waals surface area contributed by atoms with Crippen molar-refractivity contribution in [3.8, 4) is 11.5 Å². The van der Waals surface area contributed by atoms with Gasteiger partial charge in [-0.25, -0.2) is 0 Å². The number of carbonyl (C=O) groups excluding carboxylic acids is 2. The molecular formula is C22H22ClF3N2O4. The molecule has 2 amide bonds. The Morgan fingerprint density at radius 2 is 1.91 bits per heavy atom. The Labute approximate surface area is 188 Å². The average molecular weight is 471 g/mol. The number of hydrogen-bond acceptors (Lipinski definition) is 4. The van der Waals surface area contributed by atoms with Crippen LogP contribution in [-0.4, -0.2) is 38.3 Å². The average Bonchev–Trinajstić information content (AvgIpc) is 2.73. The van der Waals surface area contributed by atoms with Crippen molar-refractivity contribution >= 4 is 35.2 Å². The molecule has 2 rings (SSSR count). The van der Waals surface area contributed by atoms with Gasteiger partial charge < -0.3 is 20.1 Å². The fourth-order valence-corrected chi connectivity index (χ4v) is 2.92. The van der Waals surface area contributed by atoms with Crippen molar-refractivity contribution in [2.75, 3.05) is 25.6 Å². The van der Waals surface area contributed by atoms with Crippen LogP contribution in [0.2, 0.25) is 5.02 Å². The van der Waals surface area contributed by atoms with Crippen molar-refractivity contribution in [3.63, 3.8) is 0 Å². The van der Waals surface area contributed by atoms with Gasteiger partial charge in [0, 0.05) is 17.3 Å². The zero-order valence-corrected chi connectivity index (χ0v) is 18.4. The number of ether oxygens (including phenoxy) is 2. The summed E-state index contributed by atoms with van der Waals surface area (Å²) in [6.45, 7) is 2.46. The summed E-state index contributed by atoms with van der Waals surface area (Å²) in [4.78, 5) is 24.3. The van der Waals surface area contributed by atoms with Crippen LogP contribution in [0.15, 0.2) is 36.4 Å². The molecule has 10 heteroatoms. The Bertz CT molecular complexity index is 1020. The molecule has 0 aliphatic rings. The van der Waals surface area contributed by atoms with Crippen molar-refractivity contribution in [3.05, 3.63) is 58.1 Å². The third kappa shape index (κ3) is 7.19. The second-order valence-electron chi connectivity index (χ2n) is 6.62. The van der Waals surface area contributed by atoms with Gasteiger partial charge in [0.25, 0.3) is 5.91 Å². The van der Waals surface area contributed by atoms with Crippen molar-refractivity contribution in [2.45, 2.75) is 20.0 Å². The number of methoxy groups -OCH3 is 1. The van der Waals surface area contributed by atoms with E-state index in [2.05, 4.69) is 5.32 Å². The Hall–Kier alpha value is -3.20. The Kier molecular flexibility index (Phi) is 8.54. The highest BCUT2D eigenvalue weighted by atomic mass is 35.5. The lowest BCUT2D eigenvalue weighted by Gasteiger charge is -2.12. The monoisotopic (exact) mass is 470 g/mol. The van der Waals surface area contributed by atoms with Crippen LogP contribution in [0.4, 0.5) is 18.9 Å². The summed E-state index contributed by atoms with van der Waals surface area (Å²) < 4.78 is 47.6. The molecule has 2 N–H and O–H groups in total. The zero-order chi connectivity index (χ0) is 23.9. The van der Waals surface area contributed by atoms with Crippen LogP contribution in [0, 0.1) is 6.92 Å². The Morgan fingerprint density at radius 3 is 2.53 bits per heavy atom. The molecule has 0 aliphatic heterocycles. The minimum absolute atomic E-state index is 0.0119. The first-order valence-corrected chi connectivity index (χ1v) is 9.86. The minimum atomic E-state index is -4.52. The lowest BCUT2D eigenvalue weighted by molar-refractivity contribution is -0.123. The number of benzene rings is 2. The zero-order valence-electron chi connectivity index (χ0n) is 17.6. The number of carbonyl (C=O) groups is 2. The summed E-state index contributed by atoms with van der Waals surface area (Å²) in [6, 6.07) is 7.47. The second kappa shape index (κ2) is 10.9. The highest BCUT2D eigenvalue weighted by Gasteiger charge is 2.28. The molecular weight excluding hydrogens is 449 g/mol. The lowest BCUT2D eigenvalue weighted by Crippen LogP contribution is -2.33. The van der Waals surface area contributed by atoms with Crippen LogP contribution in [-0.2, 0) is 4.79 Å². The van der Waals surface area contributed by atoms with E-state index >= 15 is 0 Å². The summed E-state index contributed by atoms with van der Waals surface area (Å²) >= 11 is 6.21. The second-order valence-corrected chi connectivity index (χ2v) is 7.02. The van der Waals surface area contributed by atoms with Crippen LogP contribution in [0.25, 0.3) is 6.08 Å². The first-order chi connectivity index (χ1) is 15.0. The van der Waals surface area contributed by atoms with Crippen molar-refractivity contribution < 1.29 is 32.2 Å². The van der Waals surface area contributed by atoms with Gasteiger partial charge in [-0.05, 0) is 55.3 Å². The molecule has 6 nitrogen and oxygen atoms in total. The third-order valence-electron chi connectivity index (χ3n) is 4.17. The van der Waals surface area contributed by atoms with Crippen LogP contribution in [0.3, 0.4) is 0 Å². The summed E-state index contributed by atoms with van der Waals surface area (Å²) in [7, 11) is 1.47. The number of hydrogen-bond donors (Lipinski definition) is 2. The Balaban J connectivity index is 2.13. The minimum Gasteiger partial charge on any atom is -0.493 e. The maximum absolute atomic E-state index is 12.3. The van der Waals surface area contributed by atoms with E-state index in [0.29, 0.717) is 39.9 Å². The standard InChI is InChI=1S/C22H22ClF3N2O4/c1-4-32-20-16(23)9-14(10-18(20)31-3)6-8-19(29)28-17-11-15(7-5-13(17)2)21(30)27-12-22(24,25)26/h5-11H,4,12H2,1-3H3,(H,27,30)(H,28,29)/b8-6+. The molecule has 172 valence electrons. The summed E-state index contributed by atoms with van der Waals surface area (Å²) in [6.07, 6.45) is -1.76. The maximum atomic E-state index is 12.3. The van der Waals surface area contributed by atoms with Gasteiger partial charge in [-0.15, -0.1) is 0 Å². The topological polar surface area (TPSA) is 76.7 Å². The van der Waals surface area contributed by atoms with Gasteiger partial charge in [-0.3, -0.25) is 9.59 Å². The maximum Gasteiger partial charge on any atom is 0.405 e. The van der Waals surface area contributed by atoms with Gasteiger partial charge in [-0.1, -0.05) is 17.7 Å². The van der Waals surface area contributed by atoms with E-state index in [0.717, 1.165) is 0 Å². The third-order valence-corrected chi connectivity index (χ3v) is 4.46. The van der Waals surface area contributed by atoms with Crippen molar-refractivity contribution in [2.24, 2.45) is 0 Å². The fraction of sp³-hybridized carbons (Fsp3) is 0.273. The van der Waals surface area contributed by atoms with Crippen molar-refractivity contribution in [1.82, 2.24) is 5.32 Å². The van der Waals surface area contributed by atoms with E-state index in [1.807, 2.05) is 6.92 Å². The van der Waals surface area contributed by atoms with Gasteiger partial charge in [-0.2, -0.15) is 13.2 Å². The van der Waals surface area contributed by atoms with Gasteiger partial charge in [0.05, 0.1) is 18.7 Å². The molecule has 0 heterocycles. The first-order valence-electron chi connectivity index (χ1n) is 9.49. The summed E-state index contributed by atoms with van der Waals surface area (Å²) in [5.74, 6) is -0.600. The molecule has 0 atom stereocenters. The quantitative estimate of drug-likeness (QED) is 0.532. The number of amides is 2. The lowest BCUT2D eigenvalue weighted by atomic mass is 10.1. The number of halogens is 4. The normalized spacial score (nSPS) is 11.3. The Morgan fingerprint density at radius 1 is 1.19 bits per heavy atom. The van der Waals surface area contributed by atoms with Gasteiger partial charge in [0.2, 0.25) is 5.91 Å². The molecule has 0 aliphatic carbocycles. The summed E-state index contributed by atoms with van der Waals surface area (Å²) in [5, 5.41) is 4.72. The number of anilines is 1. The molecule has 0 saturated carbocycles. The molecule has 0 bridgehead atoms. The molecule has 0 spiro atoms. The highest BCUT2D eigenvalue weighted by molar-refractivity contribution is 6.32. The van der Waals surface area contributed by atoms with Crippen LogP contribution >= 0.6 is 11.6 Å². The highest BCUT2D eigenvalue weighted by Crippen LogP contribution is 2.36.